The fraction of sp³-hybridized carbons (Fsp3) is 0.333. The lowest BCUT2D eigenvalue weighted by Crippen LogP contribution is -2.11. The fourth-order valence-electron chi connectivity index (χ4n) is 1.75. The molecule has 0 atom stereocenters. The monoisotopic (exact) mass is 272 g/mol. The quantitative estimate of drug-likeness (QED) is 0.845. The van der Waals surface area contributed by atoms with Crippen LogP contribution < -0.4 is 15.8 Å². The second kappa shape index (κ2) is 6.75. The minimum Gasteiger partial charge on any atom is -0.473 e. The van der Waals surface area contributed by atoms with E-state index in [2.05, 4.69) is 21.4 Å². The summed E-state index contributed by atoms with van der Waals surface area (Å²) in [6, 6.07) is 7.65. The number of nitrogen functional groups attached to an aromatic ring is 1. The largest absolute Gasteiger partial charge is 0.473 e. The van der Waals surface area contributed by atoms with Gasteiger partial charge < -0.3 is 15.8 Å². The van der Waals surface area contributed by atoms with Crippen LogP contribution in [0.25, 0.3) is 0 Å². The van der Waals surface area contributed by atoms with Gasteiger partial charge in [0.15, 0.2) is 0 Å². The number of rotatable bonds is 6. The molecule has 0 fully saturated rings. The van der Waals surface area contributed by atoms with Crippen molar-refractivity contribution in [2.24, 2.45) is 0 Å². The van der Waals surface area contributed by atoms with Gasteiger partial charge in [-0.3, -0.25) is 4.98 Å². The second-order valence-electron chi connectivity index (χ2n) is 4.80. The Labute approximate surface area is 119 Å². The van der Waals surface area contributed by atoms with E-state index < -0.39 is 0 Å². The van der Waals surface area contributed by atoms with Crippen molar-refractivity contribution in [3.63, 3.8) is 0 Å². The third-order valence-electron chi connectivity index (χ3n) is 2.68. The zero-order valence-corrected chi connectivity index (χ0v) is 11.8. The van der Waals surface area contributed by atoms with E-state index in [1.54, 1.807) is 12.3 Å². The number of aromatic nitrogens is 2. The third-order valence-corrected chi connectivity index (χ3v) is 2.68. The van der Waals surface area contributed by atoms with Gasteiger partial charge in [-0.15, -0.1) is 0 Å². The number of pyridine rings is 2. The van der Waals surface area contributed by atoms with E-state index in [1.165, 1.54) is 5.56 Å². The third kappa shape index (κ3) is 4.12. The molecule has 2 rings (SSSR count). The smallest absolute Gasteiger partial charge is 0.239 e. The molecule has 20 heavy (non-hydrogen) atoms. The van der Waals surface area contributed by atoms with E-state index in [-0.39, 0.29) is 6.10 Å². The highest BCUT2D eigenvalue weighted by Gasteiger charge is 2.06. The molecule has 0 aliphatic carbocycles. The lowest BCUT2D eigenvalue weighted by Gasteiger charge is -2.13. The topological polar surface area (TPSA) is 73.1 Å². The molecule has 106 valence electrons. The first kappa shape index (κ1) is 14.1. The van der Waals surface area contributed by atoms with E-state index in [4.69, 9.17) is 10.5 Å². The Morgan fingerprint density at radius 2 is 2.15 bits per heavy atom. The number of ether oxygens (including phenoxy) is 1. The molecule has 0 radical (unpaired) electrons. The normalized spacial score (nSPS) is 10.6. The van der Waals surface area contributed by atoms with Crippen LogP contribution in [-0.4, -0.2) is 22.6 Å². The molecule has 2 heterocycles. The van der Waals surface area contributed by atoms with Crippen LogP contribution in [0.2, 0.25) is 0 Å². The molecule has 5 heteroatoms. The number of anilines is 2. The summed E-state index contributed by atoms with van der Waals surface area (Å²) in [7, 11) is 0. The molecular formula is C15H20N4O. The minimum atomic E-state index is 0.0513. The zero-order valence-electron chi connectivity index (χ0n) is 11.8. The second-order valence-corrected chi connectivity index (χ2v) is 4.80. The van der Waals surface area contributed by atoms with Gasteiger partial charge in [-0.05, 0) is 44.0 Å². The molecular weight excluding hydrogens is 252 g/mol. The average molecular weight is 272 g/mol. The lowest BCUT2D eigenvalue weighted by atomic mass is 10.2. The first-order valence-corrected chi connectivity index (χ1v) is 6.71. The highest BCUT2D eigenvalue weighted by molar-refractivity contribution is 5.53. The molecule has 3 N–H and O–H groups in total. The van der Waals surface area contributed by atoms with Crippen LogP contribution in [0, 0.1) is 0 Å². The fourth-order valence-corrected chi connectivity index (χ4v) is 1.75. The van der Waals surface area contributed by atoms with Crippen LogP contribution >= 0.6 is 0 Å². The minimum absolute atomic E-state index is 0.0513. The van der Waals surface area contributed by atoms with Gasteiger partial charge in [0.05, 0.1) is 11.8 Å². The van der Waals surface area contributed by atoms with Gasteiger partial charge in [0.25, 0.3) is 0 Å². The highest BCUT2D eigenvalue weighted by atomic mass is 16.5. The highest BCUT2D eigenvalue weighted by Crippen LogP contribution is 2.21. The summed E-state index contributed by atoms with van der Waals surface area (Å²) in [5.74, 6) is 1.24. The number of nitrogens with two attached hydrogens (primary N) is 1. The zero-order chi connectivity index (χ0) is 14.4. The van der Waals surface area contributed by atoms with Gasteiger partial charge >= 0.3 is 0 Å². The van der Waals surface area contributed by atoms with E-state index >= 15 is 0 Å². The van der Waals surface area contributed by atoms with Crippen LogP contribution in [0.15, 0.2) is 36.7 Å². The molecule has 0 spiro atoms. The maximum Gasteiger partial charge on any atom is 0.239 e. The van der Waals surface area contributed by atoms with Crippen molar-refractivity contribution in [3.8, 4) is 5.88 Å². The molecule has 5 nitrogen and oxygen atoms in total. The SMILES string of the molecule is CC(C)Oc1nc(NCCc2cccnc2)ccc1N. The predicted octanol–water partition coefficient (Wildman–Crippen LogP) is 2.50. The summed E-state index contributed by atoms with van der Waals surface area (Å²) in [4.78, 5) is 8.46. The summed E-state index contributed by atoms with van der Waals surface area (Å²) >= 11 is 0. The van der Waals surface area contributed by atoms with Gasteiger partial charge in [0.2, 0.25) is 5.88 Å². The summed E-state index contributed by atoms with van der Waals surface area (Å²) in [5.41, 5.74) is 7.58. The molecule has 2 aromatic heterocycles. The number of nitrogens with zero attached hydrogens (tertiary/aromatic N) is 2. The van der Waals surface area contributed by atoms with Crippen molar-refractivity contribution in [3.05, 3.63) is 42.2 Å². The molecule has 0 saturated carbocycles. The molecule has 0 aliphatic rings. The molecule has 0 bridgehead atoms. The first-order valence-electron chi connectivity index (χ1n) is 6.71. The summed E-state index contributed by atoms with van der Waals surface area (Å²) in [6.07, 6.45) is 4.58. The maximum atomic E-state index is 5.83. The lowest BCUT2D eigenvalue weighted by molar-refractivity contribution is 0.234. The molecule has 0 unspecified atom stereocenters. The van der Waals surface area contributed by atoms with E-state index in [0.717, 1.165) is 18.8 Å². The Kier molecular flexibility index (Phi) is 4.76. The number of hydrogen-bond acceptors (Lipinski definition) is 5. The van der Waals surface area contributed by atoms with Gasteiger partial charge in [-0.1, -0.05) is 6.07 Å². The first-order chi connectivity index (χ1) is 9.65. The Morgan fingerprint density at radius 3 is 2.85 bits per heavy atom. The van der Waals surface area contributed by atoms with Crippen molar-refractivity contribution in [1.29, 1.82) is 0 Å². The van der Waals surface area contributed by atoms with E-state index in [0.29, 0.717) is 11.6 Å². The molecule has 0 aromatic carbocycles. The molecule has 2 aromatic rings. The maximum absolute atomic E-state index is 5.83. The predicted molar refractivity (Wildman–Crippen MR) is 80.8 cm³/mol. The van der Waals surface area contributed by atoms with Crippen LogP contribution in [0.1, 0.15) is 19.4 Å². The van der Waals surface area contributed by atoms with Crippen LogP contribution in [0.5, 0.6) is 5.88 Å². The molecule has 0 amide bonds. The average Bonchev–Trinajstić information content (AvgIpc) is 2.43. The van der Waals surface area contributed by atoms with Gasteiger partial charge in [-0.2, -0.15) is 4.98 Å². The van der Waals surface area contributed by atoms with E-state index in [1.807, 2.05) is 32.2 Å². The van der Waals surface area contributed by atoms with Crippen LogP contribution in [0.3, 0.4) is 0 Å². The molecule has 0 aliphatic heterocycles. The van der Waals surface area contributed by atoms with E-state index in [9.17, 15) is 0 Å². The van der Waals surface area contributed by atoms with Gasteiger partial charge in [0.1, 0.15) is 5.82 Å². The number of nitrogens with one attached hydrogen (secondary N) is 1. The number of hydrogen-bond donors (Lipinski definition) is 2. The Balaban J connectivity index is 1.93. The van der Waals surface area contributed by atoms with Crippen molar-refractivity contribution in [1.82, 2.24) is 9.97 Å². The van der Waals surface area contributed by atoms with Crippen molar-refractivity contribution in [2.45, 2.75) is 26.4 Å². The summed E-state index contributed by atoms with van der Waals surface area (Å²) in [6.45, 7) is 4.68. The van der Waals surface area contributed by atoms with Gasteiger partial charge in [0, 0.05) is 18.9 Å². The Morgan fingerprint density at radius 1 is 1.30 bits per heavy atom. The van der Waals surface area contributed by atoms with Crippen LogP contribution in [0.4, 0.5) is 11.5 Å². The standard InChI is InChI=1S/C15H20N4O/c1-11(2)20-15-13(16)5-6-14(19-15)18-9-7-12-4-3-8-17-10-12/h3-6,8,10-11H,7,9,16H2,1-2H3,(H,18,19). The van der Waals surface area contributed by atoms with Crippen molar-refractivity contribution in [2.75, 3.05) is 17.6 Å². The summed E-state index contributed by atoms with van der Waals surface area (Å²) in [5, 5.41) is 3.26. The Bertz CT molecular complexity index is 543. The van der Waals surface area contributed by atoms with Crippen molar-refractivity contribution >= 4 is 11.5 Å². The van der Waals surface area contributed by atoms with Gasteiger partial charge in [-0.25, -0.2) is 0 Å². The van der Waals surface area contributed by atoms with Crippen molar-refractivity contribution < 1.29 is 4.74 Å². The van der Waals surface area contributed by atoms with Crippen LogP contribution in [-0.2, 0) is 6.42 Å². The molecule has 0 saturated heterocycles. The Hall–Kier alpha value is -2.30. The summed E-state index contributed by atoms with van der Waals surface area (Å²) < 4.78 is 5.56.